The third-order valence-electron chi connectivity index (χ3n) is 3.40. The number of pyridine rings is 1. The molecule has 2 N–H and O–H groups in total. The molecule has 0 spiro atoms. The molecule has 0 fully saturated rings. The number of carbonyl (C=O) groups excluding carboxylic acids is 1. The SMILES string of the molecule is Cc1c(C(=O)N(C)Cc2cccnc2)cnn1CCCN. The zero-order valence-electron chi connectivity index (χ0n) is 12.5. The smallest absolute Gasteiger partial charge is 0.257 e. The van der Waals surface area contributed by atoms with Crippen LogP contribution in [-0.4, -0.2) is 39.2 Å². The quantitative estimate of drug-likeness (QED) is 0.866. The van der Waals surface area contributed by atoms with Crippen molar-refractivity contribution < 1.29 is 4.79 Å². The first kappa shape index (κ1) is 15.2. The minimum atomic E-state index is -0.0321. The van der Waals surface area contributed by atoms with Crippen molar-refractivity contribution in [2.45, 2.75) is 26.4 Å². The predicted octanol–water partition coefficient (Wildman–Crippen LogP) is 1.21. The van der Waals surface area contributed by atoms with Gasteiger partial charge in [0.1, 0.15) is 0 Å². The number of amides is 1. The first-order valence-corrected chi connectivity index (χ1v) is 7.00. The molecule has 21 heavy (non-hydrogen) atoms. The van der Waals surface area contributed by atoms with E-state index in [0.29, 0.717) is 18.7 Å². The van der Waals surface area contributed by atoms with Crippen LogP contribution in [0.4, 0.5) is 0 Å². The largest absolute Gasteiger partial charge is 0.337 e. The highest BCUT2D eigenvalue weighted by Gasteiger charge is 2.18. The Kier molecular flexibility index (Phi) is 5.05. The summed E-state index contributed by atoms with van der Waals surface area (Å²) in [6.07, 6.45) is 5.97. The van der Waals surface area contributed by atoms with Crippen LogP contribution in [-0.2, 0) is 13.1 Å². The molecule has 1 amide bonds. The van der Waals surface area contributed by atoms with Crippen LogP contribution in [0.15, 0.2) is 30.7 Å². The molecule has 2 rings (SSSR count). The standard InChI is InChI=1S/C15H21N5O/c1-12-14(10-18-20(12)8-4-6-16)15(21)19(2)11-13-5-3-7-17-9-13/h3,5,7,9-10H,4,6,8,11,16H2,1-2H3. The Balaban J connectivity index is 2.07. The first-order valence-electron chi connectivity index (χ1n) is 7.00. The van der Waals surface area contributed by atoms with Gasteiger partial charge >= 0.3 is 0 Å². The number of aryl methyl sites for hydroxylation is 1. The second kappa shape index (κ2) is 6.99. The summed E-state index contributed by atoms with van der Waals surface area (Å²) < 4.78 is 1.83. The Morgan fingerprint density at radius 3 is 2.90 bits per heavy atom. The van der Waals surface area contributed by atoms with Crippen LogP contribution in [0.25, 0.3) is 0 Å². The predicted molar refractivity (Wildman–Crippen MR) is 80.7 cm³/mol. The van der Waals surface area contributed by atoms with E-state index in [4.69, 9.17) is 5.73 Å². The molecule has 2 aromatic rings. The summed E-state index contributed by atoms with van der Waals surface area (Å²) in [7, 11) is 1.78. The first-order chi connectivity index (χ1) is 10.1. The number of hydrogen-bond acceptors (Lipinski definition) is 4. The summed E-state index contributed by atoms with van der Waals surface area (Å²) in [6.45, 7) is 3.79. The fourth-order valence-electron chi connectivity index (χ4n) is 2.17. The van der Waals surface area contributed by atoms with E-state index in [1.165, 1.54) is 0 Å². The summed E-state index contributed by atoms with van der Waals surface area (Å²) in [5.41, 5.74) is 8.02. The van der Waals surface area contributed by atoms with Gasteiger partial charge in [0.15, 0.2) is 0 Å². The van der Waals surface area contributed by atoms with Crippen LogP contribution in [0.2, 0.25) is 0 Å². The van der Waals surface area contributed by atoms with Crippen LogP contribution < -0.4 is 5.73 Å². The lowest BCUT2D eigenvalue weighted by atomic mass is 10.2. The minimum absolute atomic E-state index is 0.0321. The molecule has 0 aliphatic heterocycles. The zero-order chi connectivity index (χ0) is 15.2. The maximum Gasteiger partial charge on any atom is 0.257 e. The Hall–Kier alpha value is -2.21. The number of aromatic nitrogens is 3. The highest BCUT2D eigenvalue weighted by Crippen LogP contribution is 2.12. The Bertz CT molecular complexity index is 593. The van der Waals surface area contributed by atoms with E-state index >= 15 is 0 Å². The molecule has 2 aromatic heterocycles. The van der Waals surface area contributed by atoms with Crippen LogP contribution in [0.1, 0.15) is 28.0 Å². The number of hydrogen-bond donors (Lipinski definition) is 1. The molecule has 6 heteroatoms. The maximum absolute atomic E-state index is 12.5. The van der Waals surface area contributed by atoms with Gasteiger partial charge in [0.2, 0.25) is 0 Å². The van der Waals surface area contributed by atoms with Gasteiger partial charge in [0.05, 0.1) is 11.8 Å². The van der Waals surface area contributed by atoms with Gasteiger partial charge in [-0.2, -0.15) is 5.10 Å². The molecule has 0 aromatic carbocycles. The number of nitrogens with zero attached hydrogens (tertiary/aromatic N) is 4. The lowest BCUT2D eigenvalue weighted by Crippen LogP contribution is -2.26. The van der Waals surface area contributed by atoms with E-state index in [1.54, 1.807) is 30.5 Å². The maximum atomic E-state index is 12.5. The van der Waals surface area contributed by atoms with E-state index in [9.17, 15) is 4.79 Å². The summed E-state index contributed by atoms with van der Waals surface area (Å²) in [5.74, 6) is -0.0321. The van der Waals surface area contributed by atoms with Gasteiger partial charge in [-0.3, -0.25) is 14.5 Å². The van der Waals surface area contributed by atoms with E-state index in [2.05, 4.69) is 10.1 Å². The summed E-state index contributed by atoms with van der Waals surface area (Å²) >= 11 is 0. The lowest BCUT2D eigenvalue weighted by molar-refractivity contribution is 0.0784. The van der Waals surface area contributed by atoms with Crippen LogP contribution in [0.3, 0.4) is 0 Å². The van der Waals surface area contributed by atoms with Gasteiger partial charge in [0.25, 0.3) is 5.91 Å². The highest BCUT2D eigenvalue weighted by atomic mass is 16.2. The van der Waals surface area contributed by atoms with Gasteiger partial charge in [-0.15, -0.1) is 0 Å². The van der Waals surface area contributed by atoms with Gasteiger partial charge in [-0.25, -0.2) is 0 Å². The lowest BCUT2D eigenvalue weighted by Gasteiger charge is -2.16. The molecule has 0 atom stereocenters. The van der Waals surface area contributed by atoms with E-state index in [0.717, 1.165) is 24.2 Å². The number of rotatable bonds is 6. The number of nitrogens with two attached hydrogens (primary N) is 1. The van der Waals surface area contributed by atoms with Crippen molar-refractivity contribution in [1.82, 2.24) is 19.7 Å². The van der Waals surface area contributed by atoms with E-state index < -0.39 is 0 Å². The molecular formula is C15H21N5O. The second-order valence-electron chi connectivity index (χ2n) is 5.03. The van der Waals surface area contributed by atoms with Crippen molar-refractivity contribution in [3.05, 3.63) is 47.5 Å². The number of carbonyl (C=O) groups is 1. The van der Waals surface area contributed by atoms with Crippen molar-refractivity contribution in [2.75, 3.05) is 13.6 Å². The molecule has 2 heterocycles. The van der Waals surface area contributed by atoms with Gasteiger partial charge in [-0.05, 0) is 31.5 Å². The molecule has 0 unspecified atom stereocenters. The summed E-state index contributed by atoms with van der Waals surface area (Å²) in [5, 5.41) is 4.27. The molecule has 0 bridgehead atoms. The van der Waals surface area contributed by atoms with Crippen molar-refractivity contribution >= 4 is 5.91 Å². The van der Waals surface area contributed by atoms with E-state index in [-0.39, 0.29) is 5.91 Å². The van der Waals surface area contributed by atoms with Crippen molar-refractivity contribution in [3.63, 3.8) is 0 Å². The fraction of sp³-hybridized carbons (Fsp3) is 0.400. The minimum Gasteiger partial charge on any atom is -0.337 e. The van der Waals surface area contributed by atoms with Gasteiger partial charge in [-0.1, -0.05) is 6.07 Å². The van der Waals surface area contributed by atoms with Crippen molar-refractivity contribution in [1.29, 1.82) is 0 Å². The summed E-state index contributed by atoms with van der Waals surface area (Å²) in [4.78, 5) is 18.2. The molecule has 0 aliphatic rings. The zero-order valence-corrected chi connectivity index (χ0v) is 12.5. The monoisotopic (exact) mass is 287 g/mol. The third kappa shape index (κ3) is 3.66. The van der Waals surface area contributed by atoms with Crippen LogP contribution in [0.5, 0.6) is 0 Å². The van der Waals surface area contributed by atoms with Gasteiger partial charge in [0, 0.05) is 38.2 Å². The Labute approximate surface area is 124 Å². The molecule has 112 valence electrons. The Morgan fingerprint density at radius 2 is 2.24 bits per heavy atom. The molecule has 0 aliphatic carbocycles. The average Bonchev–Trinajstić information content (AvgIpc) is 2.86. The normalized spacial score (nSPS) is 10.6. The van der Waals surface area contributed by atoms with Crippen LogP contribution in [0, 0.1) is 6.92 Å². The second-order valence-corrected chi connectivity index (χ2v) is 5.03. The topological polar surface area (TPSA) is 77.0 Å². The third-order valence-corrected chi connectivity index (χ3v) is 3.40. The average molecular weight is 287 g/mol. The molecular weight excluding hydrogens is 266 g/mol. The van der Waals surface area contributed by atoms with E-state index in [1.807, 2.05) is 23.7 Å². The molecule has 0 radical (unpaired) electrons. The van der Waals surface area contributed by atoms with Crippen molar-refractivity contribution in [3.8, 4) is 0 Å². The van der Waals surface area contributed by atoms with Crippen molar-refractivity contribution in [2.24, 2.45) is 5.73 Å². The molecule has 6 nitrogen and oxygen atoms in total. The molecule has 0 saturated heterocycles. The van der Waals surface area contributed by atoms with Crippen LogP contribution >= 0.6 is 0 Å². The van der Waals surface area contributed by atoms with Gasteiger partial charge < -0.3 is 10.6 Å². The fourth-order valence-corrected chi connectivity index (χ4v) is 2.17. The summed E-state index contributed by atoms with van der Waals surface area (Å²) in [6, 6.07) is 3.82. The Morgan fingerprint density at radius 1 is 1.43 bits per heavy atom. The highest BCUT2D eigenvalue weighted by molar-refractivity contribution is 5.94. The molecule has 0 saturated carbocycles.